The zero-order valence-corrected chi connectivity index (χ0v) is 22.3. The molecule has 0 radical (unpaired) electrons. The van der Waals surface area contributed by atoms with Crippen LogP contribution in [0.25, 0.3) is 0 Å². The van der Waals surface area contributed by atoms with E-state index in [1.165, 1.54) is 0 Å². The summed E-state index contributed by atoms with van der Waals surface area (Å²) in [7, 11) is 0. The molecule has 1 fully saturated rings. The summed E-state index contributed by atoms with van der Waals surface area (Å²) in [6, 6.07) is 24.4. The maximum atomic E-state index is 13.5. The van der Waals surface area contributed by atoms with Crippen LogP contribution in [0.2, 0.25) is 0 Å². The van der Waals surface area contributed by atoms with Gasteiger partial charge in [-0.05, 0) is 60.6 Å². The van der Waals surface area contributed by atoms with Crippen molar-refractivity contribution in [1.29, 1.82) is 0 Å². The first-order valence-electron chi connectivity index (χ1n) is 13.2. The number of rotatable bonds is 5. The summed E-state index contributed by atoms with van der Waals surface area (Å²) in [5, 5.41) is 0. The van der Waals surface area contributed by atoms with E-state index in [1.54, 1.807) is 24.3 Å². The van der Waals surface area contributed by atoms with E-state index in [-0.39, 0.29) is 23.2 Å². The predicted molar refractivity (Wildman–Crippen MR) is 149 cm³/mol. The van der Waals surface area contributed by atoms with Gasteiger partial charge in [-0.25, -0.2) is 9.59 Å². The molecule has 2 aliphatic rings. The van der Waals surface area contributed by atoms with Crippen molar-refractivity contribution in [1.82, 2.24) is 0 Å². The van der Waals surface area contributed by atoms with E-state index in [2.05, 4.69) is 70.2 Å². The van der Waals surface area contributed by atoms with E-state index in [1.807, 2.05) is 36.4 Å². The third kappa shape index (κ3) is 4.71. The molecule has 0 saturated heterocycles. The van der Waals surface area contributed by atoms with Gasteiger partial charge in [-0.1, -0.05) is 98.3 Å². The van der Waals surface area contributed by atoms with Crippen molar-refractivity contribution in [3.8, 4) is 0 Å². The molecule has 4 heteroatoms. The molecule has 3 aromatic rings. The molecule has 194 valence electrons. The van der Waals surface area contributed by atoms with Crippen LogP contribution < -0.4 is 0 Å². The number of esters is 2. The Labute approximate surface area is 225 Å². The fourth-order valence-electron chi connectivity index (χ4n) is 6.10. The number of aryl methyl sites for hydroxylation is 2. The van der Waals surface area contributed by atoms with E-state index in [4.69, 9.17) is 9.47 Å². The first-order valence-corrected chi connectivity index (χ1v) is 13.2. The minimum atomic E-state index is -0.680. The minimum absolute atomic E-state index is 0.0447. The third-order valence-corrected chi connectivity index (χ3v) is 8.44. The fourth-order valence-corrected chi connectivity index (χ4v) is 6.10. The van der Waals surface area contributed by atoms with Crippen molar-refractivity contribution in [3.63, 3.8) is 0 Å². The lowest BCUT2D eigenvalue weighted by Gasteiger charge is -2.55. The zero-order chi connectivity index (χ0) is 26.9. The maximum Gasteiger partial charge on any atom is 0.338 e. The zero-order valence-electron chi connectivity index (χ0n) is 22.3. The van der Waals surface area contributed by atoms with Crippen LogP contribution in [-0.4, -0.2) is 24.1 Å². The number of fused-ring (bicyclic) bond motifs is 1. The minimum Gasteiger partial charge on any atom is -0.454 e. The average Bonchev–Trinajstić information content (AvgIpc) is 2.94. The molecule has 3 aromatic carbocycles. The molecule has 0 spiro atoms. The van der Waals surface area contributed by atoms with Gasteiger partial charge in [0.15, 0.2) is 0 Å². The first-order chi connectivity index (χ1) is 18.3. The second-order valence-corrected chi connectivity index (χ2v) is 10.8. The Morgan fingerprint density at radius 2 is 1.34 bits per heavy atom. The number of carbonyl (C=O) groups excluding carboxylic acids is 2. The van der Waals surface area contributed by atoms with E-state index in [0.29, 0.717) is 11.1 Å². The van der Waals surface area contributed by atoms with Crippen molar-refractivity contribution in [3.05, 3.63) is 131 Å². The summed E-state index contributed by atoms with van der Waals surface area (Å²) >= 11 is 0. The number of ether oxygens (including phenoxy) is 2. The Morgan fingerprint density at radius 3 is 1.95 bits per heavy atom. The topological polar surface area (TPSA) is 52.6 Å². The smallest absolute Gasteiger partial charge is 0.338 e. The van der Waals surface area contributed by atoms with Crippen LogP contribution in [0.15, 0.2) is 103 Å². The van der Waals surface area contributed by atoms with Gasteiger partial charge in [0.25, 0.3) is 0 Å². The molecule has 5 rings (SSSR count). The molecule has 0 bridgehead atoms. The van der Waals surface area contributed by atoms with Crippen molar-refractivity contribution in [2.24, 2.45) is 17.3 Å². The highest BCUT2D eigenvalue weighted by atomic mass is 16.6. The third-order valence-electron chi connectivity index (χ3n) is 8.44. The Morgan fingerprint density at radius 1 is 0.763 bits per heavy atom. The summed E-state index contributed by atoms with van der Waals surface area (Å²) in [5.41, 5.74) is 4.00. The molecule has 0 aliphatic heterocycles. The summed E-state index contributed by atoms with van der Waals surface area (Å²) in [5.74, 6) is -1.11. The number of hydrogen-bond acceptors (Lipinski definition) is 4. The van der Waals surface area contributed by atoms with Gasteiger partial charge in [0.05, 0.1) is 11.1 Å². The summed E-state index contributed by atoms with van der Waals surface area (Å²) in [4.78, 5) is 26.9. The van der Waals surface area contributed by atoms with Gasteiger partial charge >= 0.3 is 11.9 Å². The summed E-state index contributed by atoms with van der Waals surface area (Å²) in [6.45, 7) is 8.48. The second-order valence-electron chi connectivity index (χ2n) is 10.8. The molecule has 38 heavy (non-hydrogen) atoms. The van der Waals surface area contributed by atoms with Gasteiger partial charge in [0.2, 0.25) is 0 Å². The standard InChI is InChI=1S/C34H34O4/c1-22-18-19-23(2)27(21-22)29-28-17-11-12-20-34(28,4)24(3)30(37-32(35)25-13-7-5-8-14-25)31(29)38-33(36)26-15-9-6-10-16-26/h5-21,24,28-31H,1-4H3. The molecule has 2 aliphatic carbocycles. The van der Waals surface area contributed by atoms with Gasteiger partial charge in [-0.3, -0.25) is 0 Å². The Bertz CT molecular complexity index is 1370. The van der Waals surface area contributed by atoms with Crippen LogP contribution in [0.4, 0.5) is 0 Å². The van der Waals surface area contributed by atoms with Gasteiger partial charge in [0, 0.05) is 11.8 Å². The fraction of sp³-hybridized carbons (Fsp3) is 0.294. The number of hydrogen-bond donors (Lipinski definition) is 0. The molecule has 6 unspecified atom stereocenters. The Hall–Kier alpha value is -3.92. The summed E-state index contributed by atoms with van der Waals surface area (Å²) in [6.07, 6.45) is 7.25. The molecule has 0 heterocycles. The van der Waals surface area contributed by atoms with Crippen molar-refractivity contribution in [2.45, 2.75) is 45.8 Å². The molecule has 0 amide bonds. The van der Waals surface area contributed by atoms with Crippen molar-refractivity contribution in [2.75, 3.05) is 0 Å². The van der Waals surface area contributed by atoms with E-state index in [0.717, 1.165) is 16.7 Å². The first kappa shape index (κ1) is 25.7. The molecular formula is C34H34O4. The highest BCUT2D eigenvalue weighted by Crippen LogP contribution is 2.56. The van der Waals surface area contributed by atoms with E-state index in [9.17, 15) is 9.59 Å². The largest absolute Gasteiger partial charge is 0.454 e. The monoisotopic (exact) mass is 506 g/mol. The second kappa shape index (κ2) is 10.4. The van der Waals surface area contributed by atoms with Gasteiger partial charge < -0.3 is 9.47 Å². The average molecular weight is 507 g/mol. The van der Waals surface area contributed by atoms with Gasteiger partial charge in [0.1, 0.15) is 12.2 Å². The van der Waals surface area contributed by atoms with Crippen molar-refractivity contribution < 1.29 is 19.1 Å². The summed E-state index contributed by atoms with van der Waals surface area (Å²) < 4.78 is 12.7. The lowest BCUT2D eigenvalue weighted by Crippen LogP contribution is -2.57. The van der Waals surface area contributed by atoms with Crippen LogP contribution >= 0.6 is 0 Å². The lowest BCUT2D eigenvalue weighted by atomic mass is 9.53. The molecule has 4 nitrogen and oxygen atoms in total. The van der Waals surface area contributed by atoms with E-state index < -0.39 is 24.1 Å². The molecule has 0 N–H and O–H groups in total. The highest BCUT2D eigenvalue weighted by molar-refractivity contribution is 5.90. The SMILES string of the molecule is Cc1ccc(C)c(C2C(OC(=O)c3ccccc3)C(OC(=O)c3ccccc3)C(C)C3(C)C=CC=CC23)c1. The lowest BCUT2D eigenvalue weighted by molar-refractivity contribution is -0.121. The molecular weight excluding hydrogens is 472 g/mol. The molecule has 6 atom stereocenters. The van der Waals surface area contributed by atoms with Crippen molar-refractivity contribution >= 4 is 11.9 Å². The highest BCUT2D eigenvalue weighted by Gasteiger charge is 2.57. The Kier molecular flexibility index (Phi) is 7.07. The van der Waals surface area contributed by atoms with Crippen LogP contribution in [0, 0.1) is 31.1 Å². The Balaban J connectivity index is 1.64. The van der Waals surface area contributed by atoms with Gasteiger partial charge in [-0.15, -0.1) is 0 Å². The number of allylic oxidation sites excluding steroid dienone is 4. The number of carbonyl (C=O) groups is 2. The molecule has 0 aromatic heterocycles. The van der Waals surface area contributed by atoms with E-state index >= 15 is 0 Å². The maximum absolute atomic E-state index is 13.5. The normalized spacial score (nSPS) is 27.8. The molecule has 1 saturated carbocycles. The van der Waals surface area contributed by atoms with Crippen LogP contribution in [0.3, 0.4) is 0 Å². The van der Waals surface area contributed by atoms with Crippen LogP contribution in [-0.2, 0) is 9.47 Å². The quantitative estimate of drug-likeness (QED) is 0.342. The van der Waals surface area contributed by atoms with Gasteiger partial charge in [-0.2, -0.15) is 0 Å². The predicted octanol–water partition coefficient (Wildman–Crippen LogP) is 7.24. The number of benzene rings is 3. The van der Waals surface area contributed by atoms with Crippen LogP contribution in [0.5, 0.6) is 0 Å². The van der Waals surface area contributed by atoms with Crippen LogP contribution in [0.1, 0.15) is 57.2 Å².